The van der Waals surface area contributed by atoms with Gasteiger partial charge in [-0.05, 0) is 29.5 Å². The molecule has 0 spiro atoms. The lowest BCUT2D eigenvalue weighted by Gasteiger charge is -2.42. The first-order valence-electron chi connectivity index (χ1n) is 9.93. The van der Waals surface area contributed by atoms with Gasteiger partial charge < -0.3 is 4.90 Å². The van der Waals surface area contributed by atoms with Crippen molar-refractivity contribution in [2.45, 2.75) is 24.9 Å². The molecule has 28 heavy (non-hydrogen) atoms. The van der Waals surface area contributed by atoms with Gasteiger partial charge in [-0.2, -0.15) is 0 Å². The van der Waals surface area contributed by atoms with Crippen molar-refractivity contribution in [2.24, 2.45) is 11.0 Å². The molecule has 1 aliphatic heterocycles. The number of hydrogen-bond donors (Lipinski definition) is 0. The Morgan fingerprint density at radius 2 is 1.46 bits per heavy atom. The fourth-order valence-corrected chi connectivity index (χ4v) is 4.30. The molecule has 1 saturated carbocycles. The fourth-order valence-electron chi connectivity index (χ4n) is 4.30. The first kappa shape index (κ1) is 18.5. The summed E-state index contributed by atoms with van der Waals surface area (Å²) in [5.41, 5.74) is 11.1. The lowest BCUT2D eigenvalue weighted by atomic mass is 9.79. The van der Waals surface area contributed by atoms with Crippen molar-refractivity contribution in [3.63, 3.8) is 0 Å². The van der Waals surface area contributed by atoms with Crippen molar-refractivity contribution < 1.29 is 4.79 Å². The number of rotatable bonds is 5. The minimum absolute atomic E-state index is 0.000723. The molecule has 4 rings (SSSR count). The molecule has 2 aromatic carbocycles. The summed E-state index contributed by atoms with van der Waals surface area (Å²) in [7, 11) is 0. The van der Waals surface area contributed by atoms with Gasteiger partial charge in [0.2, 0.25) is 5.91 Å². The lowest BCUT2D eigenvalue weighted by molar-refractivity contribution is -0.140. The average molecular weight is 375 g/mol. The van der Waals surface area contributed by atoms with Crippen LogP contribution in [0.5, 0.6) is 0 Å². The Balaban J connectivity index is 1.42. The predicted octanol–water partition coefficient (Wildman–Crippen LogP) is 4.01. The molecule has 0 unspecified atom stereocenters. The molecule has 1 amide bonds. The molecule has 0 radical (unpaired) electrons. The lowest BCUT2D eigenvalue weighted by Crippen LogP contribution is -2.53. The Morgan fingerprint density at radius 1 is 0.929 bits per heavy atom. The van der Waals surface area contributed by atoms with Crippen molar-refractivity contribution in [3.05, 3.63) is 82.2 Å². The number of amides is 1. The second-order valence-corrected chi connectivity index (χ2v) is 7.61. The molecule has 6 nitrogen and oxygen atoms in total. The largest absolute Gasteiger partial charge is 0.340 e. The standard InChI is InChI=1S/C22H25N5O/c23-25-24-20-15-19(16-20)22(28)27-13-11-26(12-14-27)21(17-7-3-1-4-8-17)18-9-5-2-6-10-18/h1-10,19-21H,11-16H2. The first-order chi connectivity index (χ1) is 13.8. The molecular weight excluding hydrogens is 350 g/mol. The summed E-state index contributed by atoms with van der Waals surface area (Å²) in [6.45, 7) is 3.20. The Labute approximate surface area is 165 Å². The zero-order valence-electron chi connectivity index (χ0n) is 15.9. The van der Waals surface area contributed by atoms with Crippen LogP contribution < -0.4 is 0 Å². The second kappa shape index (κ2) is 8.46. The van der Waals surface area contributed by atoms with Crippen LogP contribution in [-0.2, 0) is 4.79 Å². The van der Waals surface area contributed by atoms with Crippen molar-refractivity contribution in [1.29, 1.82) is 0 Å². The molecule has 144 valence electrons. The summed E-state index contributed by atoms with van der Waals surface area (Å²) in [5.74, 6) is 0.251. The molecule has 0 N–H and O–H groups in total. The number of carbonyl (C=O) groups excluding carboxylic acids is 1. The number of carbonyl (C=O) groups is 1. The van der Waals surface area contributed by atoms with Crippen molar-refractivity contribution in [3.8, 4) is 0 Å². The third-order valence-corrected chi connectivity index (χ3v) is 5.90. The van der Waals surface area contributed by atoms with E-state index < -0.39 is 0 Å². The van der Waals surface area contributed by atoms with Gasteiger partial charge in [-0.25, -0.2) is 0 Å². The molecular formula is C22H25N5O. The third-order valence-electron chi connectivity index (χ3n) is 5.90. The number of piperazine rings is 1. The quantitative estimate of drug-likeness (QED) is 0.450. The summed E-state index contributed by atoms with van der Waals surface area (Å²) < 4.78 is 0. The summed E-state index contributed by atoms with van der Waals surface area (Å²) in [5, 5.41) is 3.71. The summed E-state index contributed by atoms with van der Waals surface area (Å²) in [6, 6.07) is 21.4. The Hall–Kier alpha value is -2.82. The zero-order valence-corrected chi connectivity index (χ0v) is 15.9. The van der Waals surface area contributed by atoms with Crippen molar-refractivity contribution >= 4 is 5.91 Å². The molecule has 0 aromatic heterocycles. The second-order valence-electron chi connectivity index (χ2n) is 7.61. The van der Waals surface area contributed by atoms with E-state index in [4.69, 9.17) is 5.53 Å². The Morgan fingerprint density at radius 3 is 1.96 bits per heavy atom. The number of azide groups is 1. The smallest absolute Gasteiger partial charge is 0.225 e. The monoisotopic (exact) mass is 375 g/mol. The molecule has 0 atom stereocenters. The Kier molecular flexibility index (Phi) is 5.60. The van der Waals surface area contributed by atoms with Crippen molar-refractivity contribution in [2.75, 3.05) is 26.2 Å². The van der Waals surface area contributed by atoms with E-state index in [2.05, 4.69) is 63.5 Å². The van der Waals surface area contributed by atoms with Gasteiger partial charge in [-0.1, -0.05) is 65.8 Å². The van der Waals surface area contributed by atoms with Gasteiger partial charge in [0.25, 0.3) is 0 Å². The minimum atomic E-state index is 0.000723. The maximum atomic E-state index is 12.7. The molecule has 2 fully saturated rings. The van der Waals surface area contributed by atoms with E-state index in [-0.39, 0.29) is 23.9 Å². The summed E-state index contributed by atoms with van der Waals surface area (Å²) in [6.07, 6.45) is 1.39. The highest BCUT2D eigenvalue weighted by Crippen LogP contribution is 2.33. The van der Waals surface area contributed by atoms with E-state index in [9.17, 15) is 4.79 Å². The van der Waals surface area contributed by atoms with Gasteiger partial charge in [0, 0.05) is 43.1 Å². The van der Waals surface area contributed by atoms with Crippen LogP contribution in [0.3, 0.4) is 0 Å². The summed E-state index contributed by atoms with van der Waals surface area (Å²) >= 11 is 0. The number of hydrogen-bond acceptors (Lipinski definition) is 3. The van der Waals surface area contributed by atoms with Crippen LogP contribution in [0.1, 0.15) is 30.0 Å². The maximum Gasteiger partial charge on any atom is 0.225 e. The number of benzene rings is 2. The van der Waals surface area contributed by atoms with Gasteiger partial charge in [0.1, 0.15) is 0 Å². The molecule has 1 heterocycles. The van der Waals surface area contributed by atoms with Gasteiger partial charge >= 0.3 is 0 Å². The molecule has 1 saturated heterocycles. The van der Waals surface area contributed by atoms with Crippen LogP contribution in [0.4, 0.5) is 0 Å². The van der Waals surface area contributed by atoms with Crippen LogP contribution in [0.25, 0.3) is 10.4 Å². The fraction of sp³-hybridized carbons (Fsp3) is 0.409. The van der Waals surface area contributed by atoms with E-state index >= 15 is 0 Å². The SMILES string of the molecule is [N-]=[N+]=NC1CC(C(=O)N2CCN(C(c3ccccc3)c3ccccc3)CC2)C1. The van der Waals surface area contributed by atoms with E-state index in [0.29, 0.717) is 12.8 Å². The molecule has 0 bridgehead atoms. The third kappa shape index (κ3) is 3.88. The normalized spacial score (nSPS) is 22.4. The van der Waals surface area contributed by atoms with E-state index in [1.54, 1.807) is 0 Å². The van der Waals surface area contributed by atoms with Gasteiger partial charge in [-0.15, -0.1) is 0 Å². The highest BCUT2D eigenvalue weighted by atomic mass is 16.2. The van der Waals surface area contributed by atoms with Crippen molar-refractivity contribution in [1.82, 2.24) is 9.80 Å². The van der Waals surface area contributed by atoms with Gasteiger partial charge in [0.15, 0.2) is 0 Å². The van der Waals surface area contributed by atoms with Crippen LogP contribution in [0, 0.1) is 5.92 Å². The minimum Gasteiger partial charge on any atom is -0.340 e. The van der Waals surface area contributed by atoms with Crippen LogP contribution in [-0.4, -0.2) is 47.9 Å². The van der Waals surface area contributed by atoms with E-state index in [0.717, 1.165) is 26.2 Å². The first-order valence-corrected chi connectivity index (χ1v) is 9.93. The van der Waals surface area contributed by atoms with E-state index in [1.165, 1.54) is 11.1 Å². The predicted molar refractivity (Wildman–Crippen MR) is 109 cm³/mol. The van der Waals surface area contributed by atoms with Gasteiger partial charge in [-0.3, -0.25) is 9.69 Å². The maximum absolute atomic E-state index is 12.7. The Bertz CT molecular complexity index is 796. The van der Waals surface area contributed by atoms with Crippen LogP contribution in [0.15, 0.2) is 65.8 Å². The van der Waals surface area contributed by atoms with Crippen LogP contribution >= 0.6 is 0 Å². The highest BCUT2D eigenvalue weighted by molar-refractivity contribution is 5.80. The van der Waals surface area contributed by atoms with Gasteiger partial charge in [0.05, 0.1) is 6.04 Å². The summed E-state index contributed by atoms with van der Waals surface area (Å²) in [4.78, 5) is 20.0. The number of nitrogens with zero attached hydrogens (tertiary/aromatic N) is 5. The highest BCUT2D eigenvalue weighted by Gasteiger charge is 2.37. The zero-order chi connectivity index (χ0) is 19.3. The molecule has 2 aromatic rings. The average Bonchev–Trinajstić information content (AvgIpc) is 2.72. The molecule has 1 aliphatic carbocycles. The molecule has 2 aliphatic rings. The van der Waals surface area contributed by atoms with E-state index in [1.807, 2.05) is 17.0 Å². The molecule has 6 heteroatoms. The van der Waals surface area contributed by atoms with Crippen LogP contribution in [0.2, 0.25) is 0 Å². The topological polar surface area (TPSA) is 72.3 Å².